The SMILES string of the molecule is CC.CC.CC(C)(C)CCOc1ccc2c(c1)c(B1OC3(C)CC3(C)O1)nn2C1CCCCO1. The van der Waals surface area contributed by atoms with E-state index >= 15 is 0 Å². The molecular formula is C27H45BN2O4. The first-order valence-electron chi connectivity index (χ1n) is 13.3. The highest BCUT2D eigenvalue weighted by molar-refractivity contribution is 6.64. The number of ether oxygens (including phenoxy) is 2. The molecule has 1 aromatic carbocycles. The molecule has 1 aromatic heterocycles. The maximum atomic E-state index is 6.31. The third-order valence-corrected chi connectivity index (χ3v) is 6.88. The van der Waals surface area contributed by atoms with Gasteiger partial charge in [0.05, 0.1) is 23.3 Å². The molecule has 2 aromatic rings. The van der Waals surface area contributed by atoms with Gasteiger partial charge < -0.3 is 18.8 Å². The van der Waals surface area contributed by atoms with E-state index in [0.717, 1.165) is 61.0 Å². The van der Waals surface area contributed by atoms with Crippen LogP contribution in [0, 0.1) is 5.41 Å². The number of rotatable bonds is 5. The molecule has 0 amide bonds. The molecule has 0 N–H and O–H groups in total. The molecule has 1 saturated carbocycles. The first-order valence-corrected chi connectivity index (χ1v) is 13.3. The van der Waals surface area contributed by atoms with E-state index in [1.54, 1.807) is 0 Å². The van der Waals surface area contributed by atoms with Crippen LogP contribution in [0.4, 0.5) is 0 Å². The smallest absolute Gasteiger partial charge is 0.494 e. The molecule has 0 bridgehead atoms. The van der Waals surface area contributed by atoms with Gasteiger partial charge in [0.1, 0.15) is 11.3 Å². The van der Waals surface area contributed by atoms with Gasteiger partial charge >= 0.3 is 7.12 Å². The molecule has 5 rings (SSSR count). The van der Waals surface area contributed by atoms with Crippen LogP contribution in [0.5, 0.6) is 5.75 Å². The van der Waals surface area contributed by atoms with Crippen molar-refractivity contribution in [3.63, 3.8) is 0 Å². The summed E-state index contributed by atoms with van der Waals surface area (Å²) in [4.78, 5) is 0. The minimum absolute atomic E-state index is 0.0373. The molecule has 3 fully saturated rings. The highest BCUT2D eigenvalue weighted by atomic mass is 16.7. The van der Waals surface area contributed by atoms with E-state index in [4.69, 9.17) is 23.9 Å². The highest BCUT2D eigenvalue weighted by Crippen LogP contribution is 2.58. The van der Waals surface area contributed by atoms with Crippen LogP contribution in [0.15, 0.2) is 18.2 Å². The molecule has 2 aliphatic heterocycles. The van der Waals surface area contributed by atoms with Crippen molar-refractivity contribution < 1.29 is 18.8 Å². The predicted octanol–water partition coefficient (Wildman–Crippen LogP) is 6.27. The molecule has 7 heteroatoms. The van der Waals surface area contributed by atoms with Crippen molar-refractivity contribution in [1.82, 2.24) is 9.78 Å². The van der Waals surface area contributed by atoms with E-state index in [-0.39, 0.29) is 22.8 Å². The summed E-state index contributed by atoms with van der Waals surface area (Å²) >= 11 is 0. The Morgan fingerprint density at radius 2 is 1.76 bits per heavy atom. The second-order valence-electron chi connectivity index (χ2n) is 10.7. The number of aromatic nitrogens is 2. The number of hydrogen-bond acceptors (Lipinski definition) is 5. The van der Waals surface area contributed by atoms with E-state index in [2.05, 4.69) is 46.8 Å². The lowest BCUT2D eigenvalue weighted by Crippen LogP contribution is -2.38. The average Bonchev–Trinajstić information content (AvgIpc) is 3.09. The van der Waals surface area contributed by atoms with Gasteiger partial charge in [0, 0.05) is 18.4 Å². The maximum Gasteiger partial charge on any atom is 0.517 e. The number of fused-ring (bicyclic) bond motifs is 2. The summed E-state index contributed by atoms with van der Waals surface area (Å²) in [6, 6.07) is 6.21. The van der Waals surface area contributed by atoms with Gasteiger partial charge in [0.2, 0.25) is 0 Å². The summed E-state index contributed by atoms with van der Waals surface area (Å²) in [5.74, 6) is 0.859. The Morgan fingerprint density at radius 3 is 2.35 bits per heavy atom. The Bertz CT molecular complexity index is 934. The van der Waals surface area contributed by atoms with Crippen molar-refractivity contribution in [3.8, 4) is 5.75 Å². The molecule has 3 atom stereocenters. The van der Waals surface area contributed by atoms with Gasteiger partial charge in [0.15, 0.2) is 6.23 Å². The van der Waals surface area contributed by atoms with Crippen molar-refractivity contribution >= 4 is 23.6 Å². The maximum absolute atomic E-state index is 6.31. The largest absolute Gasteiger partial charge is 0.517 e. The Labute approximate surface area is 206 Å². The van der Waals surface area contributed by atoms with Crippen LogP contribution in [-0.2, 0) is 14.0 Å². The Kier molecular flexibility index (Phi) is 8.42. The van der Waals surface area contributed by atoms with Crippen LogP contribution in [-0.4, -0.2) is 41.3 Å². The van der Waals surface area contributed by atoms with Crippen LogP contribution in [0.3, 0.4) is 0 Å². The Balaban J connectivity index is 0.000000771. The van der Waals surface area contributed by atoms with Gasteiger partial charge in [-0.15, -0.1) is 0 Å². The second-order valence-corrected chi connectivity index (χ2v) is 10.7. The molecule has 34 heavy (non-hydrogen) atoms. The summed E-state index contributed by atoms with van der Waals surface area (Å²) in [7, 11) is -0.453. The lowest BCUT2D eigenvalue weighted by Gasteiger charge is -2.23. The van der Waals surface area contributed by atoms with Crippen LogP contribution in [0.1, 0.15) is 101 Å². The van der Waals surface area contributed by atoms with Crippen LogP contribution in [0.25, 0.3) is 10.9 Å². The van der Waals surface area contributed by atoms with Crippen LogP contribution >= 0.6 is 0 Å². The van der Waals surface area contributed by atoms with E-state index in [1.807, 2.05) is 38.4 Å². The molecule has 0 radical (unpaired) electrons. The van der Waals surface area contributed by atoms with Gasteiger partial charge in [-0.2, -0.15) is 5.10 Å². The fourth-order valence-electron chi connectivity index (χ4n) is 4.56. The van der Waals surface area contributed by atoms with Crippen molar-refractivity contribution in [2.24, 2.45) is 5.41 Å². The zero-order chi connectivity index (χ0) is 25.1. The third-order valence-electron chi connectivity index (χ3n) is 6.88. The molecule has 0 spiro atoms. The number of benzene rings is 1. The Hall–Kier alpha value is -1.57. The van der Waals surface area contributed by atoms with E-state index in [9.17, 15) is 0 Å². The van der Waals surface area contributed by atoms with Crippen LogP contribution in [0.2, 0.25) is 0 Å². The lowest BCUT2D eigenvalue weighted by atomic mass is 9.82. The van der Waals surface area contributed by atoms with Gasteiger partial charge in [-0.25, -0.2) is 4.68 Å². The monoisotopic (exact) mass is 472 g/mol. The minimum Gasteiger partial charge on any atom is -0.494 e. The standard InChI is InChI=1S/C23H33BN2O4.2C2H6/c1-21(2,3)11-13-27-16-9-10-18-17(14-16)20(24-29-22(4)15-23(22,5)30-24)25-26(18)19-8-6-7-12-28-19;2*1-2/h9-10,14,19H,6-8,11-13,15H2,1-5H3;2*1-2H3. The summed E-state index contributed by atoms with van der Waals surface area (Å²) < 4.78 is 26.8. The van der Waals surface area contributed by atoms with E-state index in [1.165, 1.54) is 0 Å². The first-order chi connectivity index (χ1) is 16.2. The van der Waals surface area contributed by atoms with Crippen molar-refractivity contribution in [2.75, 3.05) is 13.2 Å². The van der Waals surface area contributed by atoms with Gasteiger partial charge in [-0.1, -0.05) is 48.5 Å². The number of nitrogens with zero attached hydrogens (tertiary/aromatic N) is 2. The van der Waals surface area contributed by atoms with Crippen molar-refractivity contribution in [2.45, 2.75) is 112 Å². The molecule has 6 nitrogen and oxygen atoms in total. The molecule has 2 saturated heterocycles. The van der Waals surface area contributed by atoms with Gasteiger partial charge in [-0.3, -0.25) is 0 Å². The molecular weight excluding hydrogens is 427 g/mol. The second kappa shape index (κ2) is 10.6. The average molecular weight is 472 g/mol. The summed E-state index contributed by atoms with van der Waals surface area (Å²) in [5, 5.41) is 5.98. The quantitative estimate of drug-likeness (QED) is 0.481. The summed E-state index contributed by atoms with van der Waals surface area (Å²) in [6.07, 6.45) is 5.13. The minimum atomic E-state index is -0.453. The predicted molar refractivity (Wildman–Crippen MR) is 140 cm³/mol. The zero-order valence-electron chi connectivity index (χ0n) is 22.9. The fourth-order valence-corrected chi connectivity index (χ4v) is 4.56. The summed E-state index contributed by atoms with van der Waals surface area (Å²) in [5.41, 5.74) is 1.69. The topological polar surface area (TPSA) is 54.7 Å². The molecule has 3 unspecified atom stereocenters. The van der Waals surface area contributed by atoms with E-state index < -0.39 is 7.12 Å². The fraction of sp³-hybridized carbons (Fsp3) is 0.741. The molecule has 3 heterocycles. The lowest BCUT2D eigenvalue weighted by molar-refractivity contribution is -0.0364. The summed E-state index contributed by atoms with van der Waals surface area (Å²) in [6.45, 7) is 20.4. The molecule has 3 aliphatic rings. The van der Waals surface area contributed by atoms with Gasteiger partial charge in [-0.05, 0) is 63.1 Å². The van der Waals surface area contributed by atoms with Crippen LogP contribution < -0.4 is 10.3 Å². The third kappa shape index (κ3) is 5.47. The van der Waals surface area contributed by atoms with Gasteiger partial charge in [0.25, 0.3) is 0 Å². The molecule has 190 valence electrons. The zero-order valence-corrected chi connectivity index (χ0v) is 22.9. The Morgan fingerprint density at radius 1 is 1.09 bits per heavy atom. The normalized spacial score (nSPS) is 27.9. The highest BCUT2D eigenvalue weighted by Gasteiger charge is 2.71. The van der Waals surface area contributed by atoms with E-state index in [0.29, 0.717) is 6.61 Å². The van der Waals surface area contributed by atoms with Crippen molar-refractivity contribution in [3.05, 3.63) is 18.2 Å². The molecule has 1 aliphatic carbocycles. The number of hydrogen-bond donors (Lipinski definition) is 0. The van der Waals surface area contributed by atoms with Crippen molar-refractivity contribution in [1.29, 1.82) is 0 Å². The first kappa shape index (κ1) is 27.0.